The quantitative estimate of drug-likeness (QED) is 0.774. The first-order valence-electron chi connectivity index (χ1n) is 7.11. The van der Waals surface area contributed by atoms with Gasteiger partial charge in [0.2, 0.25) is 0 Å². The number of hydrogen-bond acceptors (Lipinski definition) is 3. The van der Waals surface area contributed by atoms with E-state index in [-0.39, 0.29) is 6.04 Å². The van der Waals surface area contributed by atoms with Gasteiger partial charge < -0.3 is 10.8 Å². The van der Waals surface area contributed by atoms with Crippen molar-refractivity contribution in [1.82, 2.24) is 4.90 Å². The molecule has 0 spiro atoms. The molecule has 1 aromatic rings. The number of aryl methyl sites for hydroxylation is 1. The first-order chi connectivity index (χ1) is 9.72. The maximum atomic E-state index is 11.6. The normalized spacial score (nSPS) is 20.8. The van der Waals surface area contributed by atoms with Crippen molar-refractivity contribution >= 4 is 5.97 Å². The molecule has 0 saturated carbocycles. The molecule has 1 aromatic carbocycles. The Morgan fingerprint density at radius 2 is 2.15 bits per heavy atom. The van der Waals surface area contributed by atoms with Crippen LogP contribution in [0.4, 0.5) is 0 Å². The molecule has 2 rings (SSSR count). The minimum absolute atomic E-state index is 0.0422. The van der Waals surface area contributed by atoms with Gasteiger partial charge in [-0.25, -0.2) is 0 Å². The van der Waals surface area contributed by atoms with Crippen molar-refractivity contribution in [2.45, 2.75) is 31.3 Å². The highest BCUT2D eigenvalue weighted by molar-refractivity contribution is 5.73. The van der Waals surface area contributed by atoms with E-state index in [0.29, 0.717) is 13.0 Å². The Balaban J connectivity index is 2.03. The highest BCUT2D eigenvalue weighted by Gasteiger charge is 2.30. The Morgan fingerprint density at radius 3 is 2.80 bits per heavy atom. The molecule has 0 bridgehead atoms. The van der Waals surface area contributed by atoms with E-state index in [1.807, 2.05) is 41.3 Å². The molecule has 2 unspecified atom stereocenters. The third-order valence-corrected chi connectivity index (χ3v) is 3.81. The smallest absolute Gasteiger partial charge is 0.320 e. The van der Waals surface area contributed by atoms with Gasteiger partial charge in [0.15, 0.2) is 0 Å². The molecule has 0 aromatic heterocycles. The summed E-state index contributed by atoms with van der Waals surface area (Å²) in [5.74, 6) is -0.755. The number of hydrogen-bond donors (Lipinski definition) is 2. The molecule has 4 nitrogen and oxygen atoms in total. The lowest BCUT2D eigenvalue weighted by molar-refractivity contribution is -0.144. The van der Waals surface area contributed by atoms with Crippen molar-refractivity contribution in [3.05, 3.63) is 48.0 Å². The van der Waals surface area contributed by atoms with Gasteiger partial charge in [0, 0.05) is 19.1 Å². The number of aliphatic carboxylic acids is 1. The first kappa shape index (κ1) is 14.8. The maximum Gasteiger partial charge on any atom is 0.320 e. The van der Waals surface area contributed by atoms with Crippen LogP contribution in [0.15, 0.2) is 42.5 Å². The lowest BCUT2D eigenvalue weighted by Crippen LogP contribution is -2.51. The summed E-state index contributed by atoms with van der Waals surface area (Å²) in [7, 11) is 0. The van der Waals surface area contributed by atoms with E-state index in [1.165, 1.54) is 5.56 Å². The number of benzene rings is 1. The lowest BCUT2D eigenvalue weighted by Gasteiger charge is -2.36. The van der Waals surface area contributed by atoms with Crippen LogP contribution in [0, 0.1) is 0 Å². The number of carboxylic acids is 1. The van der Waals surface area contributed by atoms with Gasteiger partial charge in [-0.2, -0.15) is 0 Å². The number of nitrogens with two attached hydrogens (primary N) is 1. The zero-order valence-electron chi connectivity index (χ0n) is 11.6. The zero-order valence-corrected chi connectivity index (χ0v) is 11.6. The second kappa shape index (κ2) is 7.22. The summed E-state index contributed by atoms with van der Waals surface area (Å²) in [6.07, 6.45) is 6.40. The number of nitrogens with zero attached hydrogens (tertiary/aromatic N) is 1. The predicted octanol–water partition coefficient (Wildman–Crippen LogP) is 1.66. The molecular formula is C16H22N2O2. The van der Waals surface area contributed by atoms with Gasteiger partial charge in [0.25, 0.3) is 0 Å². The molecule has 0 fully saturated rings. The topological polar surface area (TPSA) is 66.6 Å². The van der Waals surface area contributed by atoms with Crippen molar-refractivity contribution in [1.29, 1.82) is 0 Å². The number of carboxylic acid groups (broad SMARTS) is 1. The molecule has 1 aliphatic heterocycles. The molecule has 108 valence electrons. The summed E-state index contributed by atoms with van der Waals surface area (Å²) in [5.41, 5.74) is 6.93. The van der Waals surface area contributed by atoms with Gasteiger partial charge in [-0.15, -0.1) is 0 Å². The standard InChI is InChI=1S/C16H22N2O2/c17-12-14-8-4-5-11-18(14)15(16(19)20)10-9-13-6-2-1-3-7-13/h1-4,6-8,14-15H,5,9-12,17H2,(H,19,20). The van der Waals surface area contributed by atoms with Gasteiger partial charge in [-0.3, -0.25) is 9.69 Å². The molecule has 3 N–H and O–H groups in total. The van der Waals surface area contributed by atoms with Crippen LogP contribution >= 0.6 is 0 Å². The average molecular weight is 274 g/mol. The minimum atomic E-state index is -0.755. The average Bonchev–Trinajstić information content (AvgIpc) is 2.48. The molecule has 0 aliphatic carbocycles. The van der Waals surface area contributed by atoms with E-state index >= 15 is 0 Å². The second-order valence-electron chi connectivity index (χ2n) is 5.14. The monoisotopic (exact) mass is 274 g/mol. The maximum absolute atomic E-state index is 11.6. The summed E-state index contributed by atoms with van der Waals surface area (Å²) in [5, 5.41) is 9.51. The third kappa shape index (κ3) is 3.68. The Labute approximate surface area is 119 Å². The minimum Gasteiger partial charge on any atom is -0.480 e. The van der Waals surface area contributed by atoms with Crippen LogP contribution in [-0.2, 0) is 11.2 Å². The first-order valence-corrected chi connectivity index (χ1v) is 7.11. The van der Waals surface area contributed by atoms with Crippen molar-refractivity contribution in [2.75, 3.05) is 13.1 Å². The fourth-order valence-electron chi connectivity index (χ4n) is 2.73. The molecular weight excluding hydrogens is 252 g/mol. The van der Waals surface area contributed by atoms with Crippen LogP contribution in [-0.4, -0.2) is 41.1 Å². The summed E-state index contributed by atoms with van der Waals surface area (Å²) < 4.78 is 0. The van der Waals surface area contributed by atoms with E-state index in [4.69, 9.17) is 5.73 Å². The number of carbonyl (C=O) groups is 1. The van der Waals surface area contributed by atoms with Crippen LogP contribution in [0.5, 0.6) is 0 Å². The molecule has 4 heteroatoms. The lowest BCUT2D eigenvalue weighted by atomic mass is 10.00. The van der Waals surface area contributed by atoms with Crippen molar-refractivity contribution < 1.29 is 9.90 Å². The molecule has 0 saturated heterocycles. The van der Waals surface area contributed by atoms with E-state index in [0.717, 1.165) is 19.4 Å². The van der Waals surface area contributed by atoms with Crippen LogP contribution < -0.4 is 5.73 Å². The van der Waals surface area contributed by atoms with Gasteiger partial charge in [-0.05, 0) is 24.8 Å². The Hall–Kier alpha value is -1.65. The van der Waals surface area contributed by atoms with Crippen LogP contribution in [0.25, 0.3) is 0 Å². The van der Waals surface area contributed by atoms with E-state index in [1.54, 1.807) is 0 Å². The highest BCUT2D eigenvalue weighted by Crippen LogP contribution is 2.18. The summed E-state index contributed by atoms with van der Waals surface area (Å²) >= 11 is 0. The predicted molar refractivity (Wildman–Crippen MR) is 79.5 cm³/mol. The Morgan fingerprint density at radius 1 is 1.40 bits per heavy atom. The van der Waals surface area contributed by atoms with Crippen LogP contribution in [0.1, 0.15) is 18.4 Å². The summed E-state index contributed by atoms with van der Waals surface area (Å²) in [6, 6.07) is 9.59. The SMILES string of the molecule is NCC1C=CCCN1C(CCc1ccccc1)C(=O)O. The summed E-state index contributed by atoms with van der Waals surface area (Å²) in [6.45, 7) is 1.23. The number of rotatable bonds is 6. The van der Waals surface area contributed by atoms with Gasteiger partial charge in [-0.1, -0.05) is 42.5 Å². The molecule has 0 amide bonds. The molecule has 2 atom stereocenters. The third-order valence-electron chi connectivity index (χ3n) is 3.81. The Bertz CT molecular complexity index is 459. The van der Waals surface area contributed by atoms with Crippen LogP contribution in [0.3, 0.4) is 0 Å². The van der Waals surface area contributed by atoms with Crippen molar-refractivity contribution in [3.63, 3.8) is 0 Å². The van der Waals surface area contributed by atoms with Crippen LogP contribution in [0.2, 0.25) is 0 Å². The largest absolute Gasteiger partial charge is 0.480 e. The fourth-order valence-corrected chi connectivity index (χ4v) is 2.73. The van der Waals surface area contributed by atoms with Gasteiger partial charge in [0.1, 0.15) is 6.04 Å². The van der Waals surface area contributed by atoms with E-state index in [2.05, 4.69) is 6.08 Å². The molecule has 20 heavy (non-hydrogen) atoms. The van der Waals surface area contributed by atoms with Crippen molar-refractivity contribution in [3.8, 4) is 0 Å². The van der Waals surface area contributed by atoms with E-state index < -0.39 is 12.0 Å². The summed E-state index contributed by atoms with van der Waals surface area (Å²) in [4.78, 5) is 13.6. The zero-order chi connectivity index (χ0) is 14.4. The fraction of sp³-hybridized carbons (Fsp3) is 0.438. The molecule has 1 aliphatic rings. The molecule has 1 heterocycles. The second-order valence-corrected chi connectivity index (χ2v) is 5.14. The Kier molecular flexibility index (Phi) is 5.32. The van der Waals surface area contributed by atoms with Gasteiger partial charge in [0.05, 0.1) is 0 Å². The van der Waals surface area contributed by atoms with Gasteiger partial charge >= 0.3 is 5.97 Å². The highest BCUT2D eigenvalue weighted by atomic mass is 16.4. The van der Waals surface area contributed by atoms with Crippen molar-refractivity contribution in [2.24, 2.45) is 5.73 Å². The van der Waals surface area contributed by atoms with E-state index in [9.17, 15) is 9.90 Å². The molecule has 0 radical (unpaired) electrons.